The van der Waals surface area contributed by atoms with E-state index in [1.165, 1.54) is 35.9 Å². The van der Waals surface area contributed by atoms with Gasteiger partial charge in [-0.05, 0) is 75.9 Å². The number of hydrogen-bond donors (Lipinski definition) is 1. The molecule has 1 amide bonds. The summed E-state index contributed by atoms with van der Waals surface area (Å²) in [6.07, 6.45) is 0.0908. The minimum absolute atomic E-state index is 0.0236. The van der Waals surface area contributed by atoms with Gasteiger partial charge in [-0.15, -0.1) is 0 Å². The lowest BCUT2D eigenvalue weighted by molar-refractivity contribution is -0.128. The Bertz CT molecular complexity index is 1450. The Morgan fingerprint density at radius 1 is 1.14 bits per heavy atom. The number of aryl methyl sites for hydroxylation is 1. The lowest BCUT2D eigenvalue weighted by atomic mass is 9.83. The van der Waals surface area contributed by atoms with Crippen LogP contribution in [-0.2, 0) is 25.8 Å². The maximum atomic E-state index is 17.2. The highest BCUT2D eigenvalue weighted by molar-refractivity contribution is 7.93. The molecule has 0 bridgehead atoms. The zero-order chi connectivity index (χ0) is 26.5. The molecule has 1 aliphatic carbocycles. The molecule has 0 saturated carbocycles. The second-order valence-corrected chi connectivity index (χ2v) is 12.3. The summed E-state index contributed by atoms with van der Waals surface area (Å²) in [5, 5.41) is -0.199. The zero-order valence-corrected chi connectivity index (χ0v) is 22.0. The highest BCUT2D eigenvalue weighted by Crippen LogP contribution is 2.49. The van der Waals surface area contributed by atoms with E-state index in [0.29, 0.717) is 34.3 Å². The Labute approximate surface area is 214 Å². The summed E-state index contributed by atoms with van der Waals surface area (Å²) in [5.41, 5.74) is 0.213. The molecule has 2 aromatic carbocycles. The molecular formula is C26H28ClFN2O5S. The second-order valence-electron chi connectivity index (χ2n) is 9.83. The fraction of sp³-hybridized carbons (Fsp3) is 0.385. The number of nitrogens with one attached hydrogen (secondary N) is 1. The van der Waals surface area contributed by atoms with Crippen LogP contribution in [0.2, 0.25) is 5.02 Å². The van der Waals surface area contributed by atoms with Gasteiger partial charge in [-0.3, -0.25) is 4.79 Å². The maximum Gasteiger partial charge on any atom is 0.419 e. The van der Waals surface area contributed by atoms with E-state index in [1.807, 2.05) is 0 Å². The standard InChI is InChI=1S/C26H28ClFN2O5S/c1-25(2,3)35-24(32)30-21-14-13-16(27)15-19(21)18-11-8-12-20(22(18)30)26(28,23(31)29-4)36(33,34)17-9-6-5-7-10-17/h5-7,9-10,13-15,20H,8,11-12H2,1-4H3,(H,29,31). The number of carbonyl (C=O) groups excluding carboxylic acids is 2. The van der Waals surface area contributed by atoms with Crippen molar-refractivity contribution < 1.29 is 27.1 Å². The summed E-state index contributed by atoms with van der Waals surface area (Å²) in [6.45, 7) is 5.09. The van der Waals surface area contributed by atoms with E-state index in [9.17, 15) is 18.0 Å². The maximum absolute atomic E-state index is 17.2. The van der Waals surface area contributed by atoms with E-state index in [2.05, 4.69) is 5.32 Å². The van der Waals surface area contributed by atoms with Gasteiger partial charge in [0.15, 0.2) is 0 Å². The lowest BCUT2D eigenvalue weighted by Crippen LogP contribution is -2.53. The first-order valence-electron chi connectivity index (χ1n) is 11.6. The van der Waals surface area contributed by atoms with E-state index < -0.39 is 38.4 Å². The molecule has 192 valence electrons. The van der Waals surface area contributed by atoms with Crippen LogP contribution < -0.4 is 5.32 Å². The van der Waals surface area contributed by atoms with Crippen LogP contribution in [0.4, 0.5) is 9.18 Å². The molecule has 2 unspecified atom stereocenters. The number of halogens is 2. The van der Waals surface area contributed by atoms with Crippen LogP contribution in [-0.4, -0.2) is 42.6 Å². The molecule has 36 heavy (non-hydrogen) atoms. The van der Waals surface area contributed by atoms with Gasteiger partial charge < -0.3 is 10.1 Å². The van der Waals surface area contributed by atoms with E-state index in [4.69, 9.17) is 16.3 Å². The Morgan fingerprint density at radius 3 is 2.42 bits per heavy atom. The van der Waals surface area contributed by atoms with Crippen molar-refractivity contribution in [2.75, 3.05) is 7.05 Å². The molecule has 3 aromatic rings. The minimum atomic E-state index is -4.85. The summed E-state index contributed by atoms with van der Waals surface area (Å²) < 4.78 is 51.6. The Morgan fingerprint density at radius 2 is 1.81 bits per heavy atom. The smallest absolute Gasteiger partial charge is 0.419 e. The van der Waals surface area contributed by atoms with Gasteiger partial charge in [0.25, 0.3) is 10.9 Å². The number of fused-ring (bicyclic) bond motifs is 3. The van der Waals surface area contributed by atoms with Crippen LogP contribution >= 0.6 is 11.6 Å². The third-order valence-corrected chi connectivity index (χ3v) is 8.71. The predicted octanol–water partition coefficient (Wildman–Crippen LogP) is 5.38. The summed E-state index contributed by atoms with van der Waals surface area (Å²) in [6, 6.07) is 11.9. The number of rotatable bonds is 4. The first kappa shape index (κ1) is 26.2. The number of amides is 1. The second kappa shape index (κ2) is 9.19. The van der Waals surface area contributed by atoms with Crippen molar-refractivity contribution in [1.29, 1.82) is 0 Å². The third kappa shape index (κ3) is 4.18. The summed E-state index contributed by atoms with van der Waals surface area (Å²) >= 11 is 6.25. The molecule has 2 atom stereocenters. The molecule has 0 saturated heterocycles. The van der Waals surface area contributed by atoms with Gasteiger partial charge in [-0.1, -0.05) is 29.8 Å². The minimum Gasteiger partial charge on any atom is -0.443 e. The fourth-order valence-electron chi connectivity index (χ4n) is 4.87. The number of nitrogens with zero attached hydrogens (tertiary/aromatic N) is 1. The number of sulfone groups is 1. The number of hydrogen-bond acceptors (Lipinski definition) is 5. The Kier molecular flexibility index (Phi) is 6.68. The summed E-state index contributed by atoms with van der Waals surface area (Å²) in [5.74, 6) is -2.78. The largest absolute Gasteiger partial charge is 0.443 e. The van der Waals surface area contributed by atoms with E-state index >= 15 is 4.39 Å². The molecule has 4 rings (SSSR count). The first-order valence-corrected chi connectivity index (χ1v) is 13.5. The van der Waals surface area contributed by atoms with Gasteiger partial charge in [-0.25, -0.2) is 22.2 Å². The van der Waals surface area contributed by atoms with Crippen molar-refractivity contribution in [3.05, 3.63) is 64.8 Å². The highest BCUT2D eigenvalue weighted by Gasteiger charge is 2.60. The average Bonchev–Trinajstić information content (AvgIpc) is 3.16. The monoisotopic (exact) mass is 534 g/mol. The molecule has 7 nitrogen and oxygen atoms in total. The zero-order valence-electron chi connectivity index (χ0n) is 20.5. The van der Waals surface area contributed by atoms with Crippen LogP contribution in [0.1, 0.15) is 50.8 Å². The predicted molar refractivity (Wildman–Crippen MR) is 136 cm³/mol. The third-order valence-electron chi connectivity index (χ3n) is 6.33. The molecule has 1 N–H and O–H groups in total. The van der Waals surface area contributed by atoms with Crippen LogP contribution in [0.25, 0.3) is 10.9 Å². The SMILES string of the molecule is CNC(=O)C(F)(C1CCCc2c1n(C(=O)OC(C)(C)C)c1ccc(Cl)cc21)S(=O)(=O)c1ccccc1. The summed E-state index contributed by atoms with van der Waals surface area (Å²) in [7, 11) is -3.66. The molecule has 0 fully saturated rings. The lowest BCUT2D eigenvalue weighted by Gasteiger charge is -2.35. The topological polar surface area (TPSA) is 94.5 Å². The molecule has 10 heteroatoms. The van der Waals surface area contributed by atoms with E-state index in [0.717, 1.165) is 0 Å². The van der Waals surface area contributed by atoms with Gasteiger partial charge >= 0.3 is 6.09 Å². The number of carbonyl (C=O) groups is 2. The van der Waals surface area contributed by atoms with Crippen molar-refractivity contribution in [3.8, 4) is 0 Å². The molecule has 0 aliphatic heterocycles. The van der Waals surface area contributed by atoms with Gasteiger partial charge in [0.05, 0.1) is 16.3 Å². The van der Waals surface area contributed by atoms with Gasteiger partial charge in [0.1, 0.15) is 5.60 Å². The van der Waals surface area contributed by atoms with Crippen LogP contribution in [0.5, 0.6) is 0 Å². The number of benzene rings is 2. The molecule has 0 spiro atoms. The molecule has 0 radical (unpaired) electrons. The number of ether oxygens (including phenoxy) is 1. The van der Waals surface area contributed by atoms with Crippen LogP contribution in [0.15, 0.2) is 53.4 Å². The van der Waals surface area contributed by atoms with Crippen LogP contribution in [0, 0.1) is 0 Å². The van der Waals surface area contributed by atoms with Crippen molar-refractivity contribution in [2.24, 2.45) is 0 Å². The van der Waals surface area contributed by atoms with Crippen LogP contribution in [0.3, 0.4) is 0 Å². The van der Waals surface area contributed by atoms with E-state index in [1.54, 1.807) is 45.0 Å². The molecular weight excluding hydrogens is 507 g/mol. The van der Waals surface area contributed by atoms with E-state index in [-0.39, 0.29) is 17.0 Å². The van der Waals surface area contributed by atoms with Crippen molar-refractivity contribution in [1.82, 2.24) is 9.88 Å². The Hall–Kier alpha value is -2.91. The summed E-state index contributed by atoms with van der Waals surface area (Å²) in [4.78, 5) is 26.3. The normalized spacial score (nSPS) is 17.8. The average molecular weight is 535 g/mol. The van der Waals surface area contributed by atoms with Gasteiger partial charge in [0, 0.05) is 23.2 Å². The molecule has 1 heterocycles. The van der Waals surface area contributed by atoms with Gasteiger partial charge in [-0.2, -0.15) is 0 Å². The Balaban J connectivity index is 2.05. The number of aromatic nitrogens is 1. The molecule has 1 aromatic heterocycles. The van der Waals surface area contributed by atoms with Crippen molar-refractivity contribution in [3.63, 3.8) is 0 Å². The quantitative estimate of drug-likeness (QED) is 0.484. The fourth-order valence-corrected chi connectivity index (χ4v) is 6.85. The van der Waals surface area contributed by atoms with Gasteiger partial charge in [0.2, 0.25) is 9.84 Å². The molecule has 1 aliphatic rings. The van der Waals surface area contributed by atoms with Crippen molar-refractivity contribution >= 4 is 44.3 Å². The first-order chi connectivity index (χ1) is 16.8. The number of alkyl halides is 1. The van der Waals surface area contributed by atoms with Crippen molar-refractivity contribution in [2.45, 2.75) is 61.4 Å². The highest BCUT2D eigenvalue weighted by atomic mass is 35.5.